The molecule has 0 aromatic heterocycles. The highest BCUT2D eigenvalue weighted by Crippen LogP contribution is 2.00. The van der Waals surface area contributed by atoms with Gasteiger partial charge in [0.1, 0.15) is 13.2 Å². The normalized spacial score (nSPS) is 10.7. The quantitative estimate of drug-likeness (QED) is 0.438. The van der Waals surface area contributed by atoms with Gasteiger partial charge in [0, 0.05) is 11.1 Å². The molecule has 84 valence electrons. The van der Waals surface area contributed by atoms with Gasteiger partial charge in [0.25, 0.3) is 0 Å². The van der Waals surface area contributed by atoms with Crippen molar-refractivity contribution in [3.05, 3.63) is 22.7 Å². The Kier molecular flexibility index (Phi) is 6.70. The van der Waals surface area contributed by atoms with E-state index in [2.05, 4.69) is 22.5 Å². The monoisotopic (exact) mass is 276 g/mol. The molecule has 0 spiro atoms. The lowest BCUT2D eigenvalue weighted by Gasteiger charge is -2.05. The first-order valence-corrected chi connectivity index (χ1v) is 5.17. The first kappa shape index (κ1) is 13.9. The average molecular weight is 277 g/mol. The number of hydrogen-bond acceptors (Lipinski definition) is 4. The molecule has 0 radical (unpaired) electrons. The third kappa shape index (κ3) is 6.06. The zero-order valence-corrected chi connectivity index (χ0v) is 10.3. The van der Waals surface area contributed by atoms with Crippen LogP contribution in [0.2, 0.25) is 0 Å². The molecule has 0 aliphatic heterocycles. The minimum absolute atomic E-state index is 0.0347. The van der Waals surface area contributed by atoms with E-state index in [1.807, 2.05) is 0 Å². The van der Waals surface area contributed by atoms with Gasteiger partial charge in [0.15, 0.2) is 0 Å². The number of hydrogen-bond donors (Lipinski definition) is 0. The van der Waals surface area contributed by atoms with Gasteiger partial charge >= 0.3 is 11.9 Å². The Bertz CT molecular complexity index is 294. The number of rotatable bonds is 5. The summed E-state index contributed by atoms with van der Waals surface area (Å²) in [5.74, 6) is -0.933. The summed E-state index contributed by atoms with van der Waals surface area (Å²) in [6, 6.07) is 0. The maximum atomic E-state index is 11.1. The largest absolute Gasteiger partial charge is 0.459 e. The molecule has 0 atom stereocenters. The fraction of sp³-hybridized carbons (Fsp3) is 0.400. The van der Waals surface area contributed by atoms with Crippen LogP contribution in [0.1, 0.15) is 13.8 Å². The molecule has 0 aliphatic rings. The molecule has 0 aromatic carbocycles. The van der Waals surface area contributed by atoms with Crippen molar-refractivity contribution in [2.75, 3.05) is 13.2 Å². The maximum Gasteiger partial charge on any atom is 0.334 e. The van der Waals surface area contributed by atoms with Crippen LogP contribution in [0.3, 0.4) is 0 Å². The number of carbonyl (C=O) groups excluding carboxylic acids is 2. The molecule has 0 N–H and O–H groups in total. The van der Waals surface area contributed by atoms with Crippen LogP contribution in [-0.2, 0) is 19.1 Å². The summed E-state index contributed by atoms with van der Waals surface area (Å²) in [7, 11) is 0. The van der Waals surface area contributed by atoms with Gasteiger partial charge in [-0.2, -0.15) is 0 Å². The van der Waals surface area contributed by atoms with Crippen LogP contribution in [0, 0.1) is 0 Å². The van der Waals surface area contributed by atoms with E-state index < -0.39 is 11.9 Å². The number of halogens is 1. The molecule has 15 heavy (non-hydrogen) atoms. The van der Waals surface area contributed by atoms with E-state index in [9.17, 15) is 9.59 Å². The van der Waals surface area contributed by atoms with Crippen molar-refractivity contribution in [3.63, 3.8) is 0 Å². The summed E-state index contributed by atoms with van der Waals surface area (Å²) in [4.78, 5) is 23.4. The first-order chi connectivity index (χ1) is 6.99. The lowest BCUT2D eigenvalue weighted by atomic mass is 10.4. The first-order valence-electron chi connectivity index (χ1n) is 4.25. The van der Waals surface area contributed by atoms with Crippen LogP contribution in [0.5, 0.6) is 0 Å². The van der Waals surface area contributed by atoms with Crippen LogP contribution in [-0.4, -0.2) is 25.2 Å². The molecule has 0 saturated heterocycles. The third-order valence-corrected chi connectivity index (χ3v) is 2.07. The van der Waals surface area contributed by atoms with E-state index in [4.69, 9.17) is 9.47 Å². The second kappa shape index (κ2) is 7.23. The lowest BCUT2D eigenvalue weighted by molar-refractivity contribution is -0.147. The number of esters is 2. The van der Waals surface area contributed by atoms with Gasteiger partial charge in [-0.25, -0.2) is 9.59 Å². The van der Waals surface area contributed by atoms with Crippen LogP contribution in [0.25, 0.3) is 0 Å². The van der Waals surface area contributed by atoms with Gasteiger partial charge in [-0.15, -0.1) is 0 Å². The van der Waals surface area contributed by atoms with Crippen molar-refractivity contribution >= 4 is 27.9 Å². The second-order valence-corrected chi connectivity index (χ2v) is 3.30. The molecular weight excluding hydrogens is 264 g/mol. The zero-order chi connectivity index (χ0) is 11.8. The summed E-state index contributed by atoms with van der Waals surface area (Å²) in [6.07, 6.45) is 0. The molecule has 0 unspecified atom stereocenters. The van der Waals surface area contributed by atoms with Crippen LogP contribution >= 0.6 is 15.9 Å². The Balaban J connectivity index is 3.69. The van der Waals surface area contributed by atoms with E-state index in [-0.39, 0.29) is 13.2 Å². The molecule has 0 aromatic rings. The van der Waals surface area contributed by atoms with Gasteiger partial charge in [0.2, 0.25) is 0 Å². The molecule has 0 saturated carbocycles. The predicted molar refractivity (Wildman–Crippen MR) is 59.4 cm³/mol. The van der Waals surface area contributed by atoms with E-state index in [0.29, 0.717) is 11.1 Å². The van der Waals surface area contributed by atoms with Crippen molar-refractivity contribution in [2.24, 2.45) is 0 Å². The Hall–Kier alpha value is -1.10. The maximum absolute atomic E-state index is 11.1. The molecule has 5 heteroatoms. The SMILES string of the molecule is C=C(C)C(=O)OCCOC(=O)/C(C)=C/Br. The minimum Gasteiger partial charge on any atom is -0.459 e. The zero-order valence-electron chi connectivity index (χ0n) is 8.71. The molecule has 0 fully saturated rings. The molecule has 0 aliphatic carbocycles. The van der Waals surface area contributed by atoms with E-state index in [1.165, 1.54) is 4.99 Å². The van der Waals surface area contributed by atoms with Crippen molar-refractivity contribution in [1.29, 1.82) is 0 Å². The Morgan fingerprint density at radius 2 is 1.67 bits per heavy atom. The van der Waals surface area contributed by atoms with Gasteiger partial charge in [0.05, 0.1) is 0 Å². The Morgan fingerprint density at radius 3 is 2.07 bits per heavy atom. The summed E-state index contributed by atoms with van der Waals surface area (Å²) < 4.78 is 9.50. The van der Waals surface area contributed by atoms with Crippen molar-refractivity contribution in [1.82, 2.24) is 0 Å². The van der Waals surface area contributed by atoms with Crippen molar-refractivity contribution < 1.29 is 19.1 Å². The molecule has 4 nitrogen and oxygen atoms in total. The van der Waals surface area contributed by atoms with Gasteiger partial charge < -0.3 is 9.47 Å². The molecular formula is C10H13BrO4. The molecule has 0 amide bonds. The van der Waals surface area contributed by atoms with E-state index in [1.54, 1.807) is 13.8 Å². The average Bonchev–Trinajstić information content (AvgIpc) is 2.22. The Labute approximate surface area is 97.1 Å². The van der Waals surface area contributed by atoms with Crippen LogP contribution in [0.4, 0.5) is 0 Å². The molecule has 0 heterocycles. The number of carbonyl (C=O) groups is 2. The summed E-state index contributed by atoms with van der Waals surface area (Å²) in [5.41, 5.74) is 0.763. The predicted octanol–water partition coefficient (Wildman–Crippen LogP) is 1.95. The van der Waals surface area contributed by atoms with E-state index in [0.717, 1.165) is 0 Å². The fourth-order valence-corrected chi connectivity index (χ4v) is 0.737. The van der Waals surface area contributed by atoms with E-state index >= 15 is 0 Å². The topological polar surface area (TPSA) is 52.6 Å². The van der Waals surface area contributed by atoms with Crippen molar-refractivity contribution in [3.8, 4) is 0 Å². The minimum atomic E-state index is -0.487. The molecule has 0 bridgehead atoms. The highest BCUT2D eigenvalue weighted by Gasteiger charge is 2.06. The fourth-order valence-electron chi connectivity index (χ4n) is 0.550. The van der Waals surface area contributed by atoms with Gasteiger partial charge in [-0.05, 0) is 18.8 Å². The van der Waals surface area contributed by atoms with Crippen LogP contribution < -0.4 is 0 Å². The molecule has 0 rings (SSSR count). The highest BCUT2D eigenvalue weighted by molar-refractivity contribution is 9.11. The van der Waals surface area contributed by atoms with Gasteiger partial charge in [-0.3, -0.25) is 0 Å². The summed E-state index contributed by atoms with van der Waals surface area (Å²) in [5, 5.41) is 0. The van der Waals surface area contributed by atoms with Crippen LogP contribution in [0.15, 0.2) is 22.7 Å². The smallest absolute Gasteiger partial charge is 0.334 e. The standard InChI is InChI=1S/C10H13BrO4/c1-7(2)9(12)14-4-5-15-10(13)8(3)6-11/h6H,1,4-5H2,2-3H3/b8-6+. The number of ether oxygens (including phenoxy) is 2. The Morgan fingerprint density at radius 1 is 1.20 bits per heavy atom. The third-order valence-electron chi connectivity index (χ3n) is 1.38. The second-order valence-electron chi connectivity index (χ2n) is 2.84. The lowest BCUT2D eigenvalue weighted by Crippen LogP contribution is -2.14. The van der Waals surface area contributed by atoms with Crippen molar-refractivity contribution in [2.45, 2.75) is 13.8 Å². The van der Waals surface area contributed by atoms with Gasteiger partial charge in [-0.1, -0.05) is 22.5 Å². The highest BCUT2D eigenvalue weighted by atomic mass is 79.9. The summed E-state index contributed by atoms with van der Waals surface area (Å²) in [6.45, 7) is 6.64. The summed E-state index contributed by atoms with van der Waals surface area (Å²) >= 11 is 3.01.